The summed E-state index contributed by atoms with van der Waals surface area (Å²) in [6.07, 6.45) is 0.307. The third-order valence-electron chi connectivity index (χ3n) is 2.87. The summed E-state index contributed by atoms with van der Waals surface area (Å²) in [4.78, 5) is 16.2. The number of halogens is 1. The van der Waals surface area contributed by atoms with Crippen LogP contribution in [0.1, 0.15) is 5.56 Å². The number of thiazole rings is 1. The molecule has 0 fully saturated rings. The molecule has 1 amide bonds. The standard InChI is InChI=1S/C15H11ClN2OS/c16-11-3-1-2-10(6-11)7-15(19)18-12-4-5-13-14(8-12)20-9-17-13/h1-6,8-9H,7H2,(H,18,19). The van der Waals surface area contributed by atoms with Crippen LogP contribution < -0.4 is 5.32 Å². The summed E-state index contributed by atoms with van der Waals surface area (Å²) in [5.41, 5.74) is 4.42. The Morgan fingerprint density at radius 3 is 3.00 bits per heavy atom. The molecular formula is C15H11ClN2OS. The number of hydrogen-bond donors (Lipinski definition) is 1. The molecule has 1 heterocycles. The van der Waals surface area contributed by atoms with Gasteiger partial charge in [0.1, 0.15) is 0 Å². The smallest absolute Gasteiger partial charge is 0.228 e. The van der Waals surface area contributed by atoms with E-state index >= 15 is 0 Å². The lowest BCUT2D eigenvalue weighted by Gasteiger charge is -2.05. The van der Waals surface area contributed by atoms with Crippen molar-refractivity contribution in [2.75, 3.05) is 5.32 Å². The van der Waals surface area contributed by atoms with E-state index in [2.05, 4.69) is 10.3 Å². The Morgan fingerprint density at radius 1 is 1.25 bits per heavy atom. The molecule has 3 nitrogen and oxygen atoms in total. The molecule has 1 aromatic heterocycles. The lowest BCUT2D eigenvalue weighted by molar-refractivity contribution is -0.115. The van der Waals surface area contributed by atoms with Gasteiger partial charge in [0.15, 0.2) is 0 Å². The summed E-state index contributed by atoms with van der Waals surface area (Å²) >= 11 is 7.46. The van der Waals surface area contributed by atoms with Gasteiger partial charge in [-0.1, -0.05) is 23.7 Å². The van der Waals surface area contributed by atoms with Gasteiger partial charge in [-0.05, 0) is 35.9 Å². The minimum absolute atomic E-state index is 0.0591. The molecule has 0 spiro atoms. The maximum Gasteiger partial charge on any atom is 0.228 e. The molecule has 0 saturated heterocycles. The maximum absolute atomic E-state index is 12.0. The van der Waals surface area contributed by atoms with Gasteiger partial charge < -0.3 is 5.32 Å². The van der Waals surface area contributed by atoms with Crippen molar-refractivity contribution in [3.05, 3.63) is 58.6 Å². The zero-order valence-corrected chi connectivity index (χ0v) is 12.0. The quantitative estimate of drug-likeness (QED) is 0.790. The Hall–Kier alpha value is -1.91. The molecule has 0 aliphatic rings. The van der Waals surface area contributed by atoms with Crippen molar-refractivity contribution >= 4 is 44.7 Å². The van der Waals surface area contributed by atoms with Crippen LogP contribution in [0.4, 0.5) is 5.69 Å². The predicted molar refractivity (Wildman–Crippen MR) is 83.4 cm³/mol. The number of fused-ring (bicyclic) bond motifs is 1. The van der Waals surface area contributed by atoms with Crippen LogP contribution in [0, 0.1) is 0 Å². The molecule has 20 heavy (non-hydrogen) atoms. The lowest BCUT2D eigenvalue weighted by atomic mass is 10.1. The lowest BCUT2D eigenvalue weighted by Crippen LogP contribution is -2.14. The Morgan fingerprint density at radius 2 is 2.15 bits per heavy atom. The normalized spacial score (nSPS) is 10.7. The Bertz CT molecular complexity index is 769. The van der Waals surface area contributed by atoms with Gasteiger partial charge in [0.05, 0.1) is 22.1 Å². The molecule has 2 aromatic carbocycles. The molecule has 3 aromatic rings. The van der Waals surface area contributed by atoms with Crippen molar-refractivity contribution in [1.82, 2.24) is 4.98 Å². The number of anilines is 1. The van der Waals surface area contributed by atoms with Crippen molar-refractivity contribution < 1.29 is 4.79 Å². The first-order chi connectivity index (χ1) is 9.70. The molecule has 5 heteroatoms. The van der Waals surface area contributed by atoms with E-state index in [0.29, 0.717) is 11.4 Å². The summed E-state index contributed by atoms with van der Waals surface area (Å²) in [7, 11) is 0. The van der Waals surface area contributed by atoms with E-state index in [0.717, 1.165) is 21.5 Å². The third kappa shape index (κ3) is 2.98. The van der Waals surface area contributed by atoms with Gasteiger partial charge in [0, 0.05) is 10.7 Å². The second-order valence-corrected chi connectivity index (χ2v) is 5.71. The second kappa shape index (κ2) is 5.61. The van der Waals surface area contributed by atoms with Crippen LogP contribution in [0.5, 0.6) is 0 Å². The van der Waals surface area contributed by atoms with E-state index in [9.17, 15) is 4.79 Å². The topological polar surface area (TPSA) is 42.0 Å². The SMILES string of the molecule is O=C(Cc1cccc(Cl)c1)Nc1ccc2ncsc2c1. The molecule has 0 atom stereocenters. The number of carbonyl (C=O) groups is 1. The first-order valence-electron chi connectivity index (χ1n) is 6.08. The highest BCUT2D eigenvalue weighted by Crippen LogP contribution is 2.22. The first kappa shape index (κ1) is 13.1. The van der Waals surface area contributed by atoms with Gasteiger partial charge in [-0.15, -0.1) is 11.3 Å². The van der Waals surface area contributed by atoms with Crippen LogP contribution in [0.25, 0.3) is 10.2 Å². The van der Waals surface area contributed by atoms with Crippen LogP contribution in [-0.2, 0) is 11.2 Å². The van der Waals surface area contributed by atoms with Gasteiger partial charge in [-0.3, -0.25) is 4.79 Å². The van der Waals surface area contributed by atoms with Crippen LogP contribution in [0.15, 0.2) is 48.0 Å². The van der Waals surface area contributed by atoms with Gasteiger partial charge in [0.25, 0.3) is 0 Å². The highest BCUT2D eigenvalue weighted by Gasteiger charge is 2.06. The van der Waals surface area contributed by atoms with Crippen molar-refractivity contribution in [3.63, 3.8) is 0 Å². The second-order valence-electron chi connectivity index (χ2n) is 4.39. The maximum atomic E-state index is 12.0. The molecule has 0 radical (unpaired) electrons. The van der Waals surface area contributed by atoms with Gasteiger partial charge in [0.2, 0.25) is 5.91 Å². The van der Waals surface area contributed by atoms with E-state index in [-0.39, 0.29) is 5.91 Å². The average Bonchev–Trinajstić information content (AvgIpc) is 2.86. The number of amides is 1. The molecule has 100 valence electrons. The van der Waals surface area contributed by atoms with Crippen molar-refractivity contribution in [2.45, 2.75) is 6.42 Å². The monoisotopic (exact) mass is 302 g/mol. The number of nitrogens with one attached hydrogen (secondary N) is 1. The number of hydrogen-bond acceptors (Lipinski definition) is 3. The number of nitrogens with zero attached hydrogens (tertiary/aromatic N) is 1. The van der Waals surface area contributed by atoms with Crippen molar-refractivity contribution in [1.29, 1.82) is 0 Å². The molecule has 0 aliphatic heterocycles. The predicted octanol–water partition coefficient (Wildman–Crippen LogP) is 4.13. The summed E-state index contributed by atoms with van der Waals surface area (Å²) < 4.78 is 1.06. The number of rotatable bonds is 3. The fraction of sp³-hybridized carbons (Fsp3) is 0.0667. The third-order valence-corrected chi connectivity index (χ3v) is 3.90. The van der Waals surface area contributed by atoms with E-state index in [4.69, 9.17) is 11.6 Å². The molecule has 3 rings (SSSR count). The zero-order chi connectivity index (χ0) is 13.9. The number of benzene rings is 2. The number of carbonyl (C=O) groups excluding carboxylic acids is 1. The largest absolute Gasteiger partial charge is 0.326 e. The van der Waals surface area contributed by atoms with Gasteiger partial charge >= 0.3 is 0 Å². The molecule has 0 bridgehead atoms. The van der Waals surface area contributed by atoms with Gasteiger partial charge in [-0.2, -0.15) is 0 Å². The molecule has 0 aliphatic carbocycles. The fourth-order valence-corrected chi connectivity index (χ4v) is 2.90. The molecule has 0 unspecified atom stereocenters. The minimum Gasteiger partial charge on any atom is -0.326 e. The number of aromatic nitrogens is 1. The molecular weight excluding hydrogens is 292 g/mol. The Labute approximate surface area is 125 Å². The summed E-state index contributed by atoms with van der Waals surface area (Å²) in [5.74, 6) is -0.0591. The van der Waals surface area contributed by atoms with Gasteiger partial charge in [-0.25, -0.2) is 4.98 Å². The van der Waals surface area contributed by atoms with E-state index < -0.39 is 0 Å². The van der Waals surface area contributed by atoms with Crippen molar-refractivity contribution in [3.8, 4) is 0 Å². The zero-order valence-electron chi connectivity index (χ0n) is 10.5. The minimum atomic E-state index is -0.0591. The summed E-state index contributed by atoms with van der Waals surface area (Å²) in [5, 5.41) is 3.53. The Balaban J connectivity index is 1.72. The fourth-order valence-electron chi connectivity index (χ4n) is 1.97. The Kier molecular flexibility index (Phi) is 3.67. The van der Waals surface area contributed by atoms with Crippen LogP contribution >= 0.6 is 22.9 Å². The average molecular weight is 303 g/mol. The highest BCUT2D eigenvalue weighted by molar-refractivity contribution is 7.16. The van der Waals surface area contributed by atoms with E-state index in [1.807, 2.05) is 30.3 Å². The van der Waals surface area contributed by atoms with Crippen molar-refractivity contribution in [2.24, 2.45) is 0 Å². The molecule has 1 N–H and O–H groups in total. The summed E-state index contributed by atoms with van der Waals surface area (Å²) in [6.45, 7) is 0. The first-order valence-corrected chi connectivity index (χ1v) is 7.34. The highest BCUT2D eigenvalue weighted by atomic mass is 35.5. The molecule has 0 saturated carbocycles. The van der Waals surface area contributed by atoms with E-state index in [1.165, 1.54) is 0 Å². The van der Waals surface area contributed by atoms with Crippen LogP contribution in [-0.4, -0.2) is 10.9 Å². The summed E-state index contributed by atoms with van der Waals surface area (Å²) in [6, 6.07) is 13.0. The van der Waals surface area contributed by atoms with Crippen LogP contribution in [0.2, 0.25) is 5.02 Å². The van der Waals surface area contributed by atoms with Crippen LogP contribution in [0.3, 0.4) is 0 Å². The van der Waals surface area contributed by atoms with E-state index in [1.54, 1.807) is 29.0 Å².